The lowest BCUT2D eigenvalue weighted by Gasteiger charge is -2.09. The van der Waals surface area contributed by atoms with Crippen molar-refractivity contribution in [3.8, 4) is 0 Å². The number of rotatable bonds is 15. The Morgan fingerprint density at radius 1 is 0.952 bits per heavy atom. The van der Waals surface area contributed by atoms with Gasteiger partial charge in [0.25, 0.3) is 0 Å². The van der Waals surface area contributed by atoms with E-state index in [1.54, 1.807) is 0 Å². The third kappa shape index (κ3) is 13.8. The van der Waals surface area contributed by atoms with E-state index in [4.69, 9.17) is 5.11 Å². The molecule has 1 amide bonds. The highest BCUT2D eigenvalue weighted by molar-refractivity contribution is 5.79. The molecule has 0 aliphatic rings. The van der Waals surface area contributed by atoms with Gasteiger partial charge in [0.05, 0.1) is 6.61 Å². The van der Waals surface area contributed by atoms with Gasteiger partial charge in [-0.2, -0.15) is 0 Å². The van der Waals surface area contributed by atoms with E-state index in [2.05, 4.69) is 12.2 Å². The van der Waals surface area contributed by atoms with Crippen LogP contribution in [0.4, 0.5) is 0 Å². The number of amides is 1. The highest BCUT2D eigenvalue weighted by atomic mass is 16.3. The van der Waals surface area contributed by atoms with Crippen molar-refractivity contribution in [2.45, 2.75) is 90.0 Å². The van der Waals surface area contributed by atoms with Crippen molar-refractivity contribution in [3.63, 3.8) is 0 Å². The second-order valence-corrected chi connectivity index (χ2v) is 5.78. The van der Waals surface area contributed by atoms with E-state index >= 15 is 0 Å². The third-order valence-electron chi connectivity index (χ3n) is 3.71. The average molecular weight is 299 g/mol. The second-order valence-electron chi connectivity index (χ2n) is 5.78. The molecule has 0 rings (SSSR count). The number of aldehydes is 1. The maximum atomic E-state index is 11.5. The number of nitrogens with one attached hydrogen (secondary N) is 1. The summed E-state index contributed by atoms with van der Waals surface area (Å²) in [6.45, 7) is 1.91. The first-order chi connectivity index (χ1) is 10.2. The predicted molar refractivity (Wildman–Crippen MR) is 86.2 cm³/mol. The summed E-state index contributed by atoms with van der Waals surface area (Å²) in [5.74, 6) is -0.142. The second kappa shape index (κ2) is 15.5. The average Bonchev–Trinajstić information content (AvgIpc) is 2.50. The van der Waals surface area contributed by atoms with Crippen LogP contribution in [-0.2, 0) is 9.59 Å². The van der Waals surface area contributed by atoms with Crippen LogP contribution < -0.4 is 5.32 Å². The zero-order valence-electron chi connectivity index (χ0n) is 13.6. The van der Waals surface area contributed by atoms with Gasteiger partial charge in [0, 0.05) is 6.42 Å². The van der Waals surface area contributed by atoms with Crippen LogP contribution in [0.25, 0.3) is 0 Å². The summed E-state index contributed by atoms with van der Waals surface area (Å²) in [4.78, 5) is 21.9. The largest absolute Gasteiger partial charge is 0.394 e. The molecule has 0 radical (unpaired) electrons. The van der Waals surface area contributed by atoms with Crippen LogP contribution in [0, 0.1) is 0 Å². The van der Waals surface area contributed by atoms with Gasteiger partial charge in [-0.25, -0.2) is 0 Å². The van der Waals surface area contributed by atoms with Crippen molar-refractivity contribution >= 4 is 12.2 Å². The van der Waals surface area contributed by atoms with Gasteiger partial charge in [-0.05, 0) is 6.42 Å². The van der Waals surface area contributed by atoms with Crippen LogP contribution in [0.3, 0.4) is 0 Å². The minimum atomic E-state index is -0.745. The molecule has 0 aromatic rings. The Morgan fingerprint density at radius 3 is 1.86 bits per heavy atom. The summed E-state index contributed by atoms with van der Waals surface area (Å²) >= 11 is 0. The first-order valence-electron chi connectivity index (χ1n) is 8.60. The molecule has 2 N–H and O–H groups in total. The van der Waals surface area contributed by atoms with Crippen molar-refractivity contribution < 1.29 is 14.7 Å². The third-order valence-corrected chi connectivity index (χ3v) is 3.71. The van der Waals surface area contributed by atoms with Crippen LogP contribution in [0.1, 0.15) is 84.0 Å². The number of aliphatic hydroxyl groups excluding tert-OH is 1. The van der Waals surface area contributed by atoms with Gasteiger partial charge in [-0.1, -0.05) is 71.1 Å². The molecule has 0 fully saturated rings. The maximum Gasteiger partial charge on any atom is 0.220 e. The molecule has 21 heavy (non-hydrogen) atoms. The van der Waals surface area contributed by atoms with Crippen LogP contribution in [0.15, 0.2) is 0 Å². The molecule has 0 aliphatic heterocycles. The maximum absolute atomic E-state index is 11.5. The number of unbranched alkanes of at least 4 members (excludes halogenated alkanes) is 10. The van der Waals surface area contributed by atoms with E-state index in [-0.39, 0.29) is 12.5 Å². The number of hydrogen-bond donors (Lipinski definition) is 2. The molecule has 0 aliphatic carbocycles. The standard InChI is InChI=1S/C17H33NO3/c1-2-3-4-5-6-7-8-9-10-11-12-13-17(21)18-16(14-19)15-20/h14,16,20H,2-13,15H2,1H3,(H,18,21). The molecule has 4 nitrogen and oxygen atoms in total. The smallest absolute Gasteiger partial charge is 0.220 e. The molecule has 1 unspecified atom stereocenters. The molecule has 4 heteroatoms. The molecule has 0 saturated heterocycles. The Balaban J connectivity index is 3.25. The zero-order valence-corrected chi connectivity index (χ0v) is 13.6. The fourth-order valence-corrected chi connectivity index (χ4v) is 2.35. The lowest BCUT2D eigenvalue weighted by molar-refractivity contribution is -0.124. The van der Waals surface area contributed by atoms with E-state index in [0.717, 1.165) is 12.8 Å². The normalized spacial score (nSPS) is 12.1. The Labute approximate surface area is 129 Å². The highest BCUT2D eigenvalue weighted by Crippen LogP contribution is 2.11. The van der Waals surface area contributed by atoms with Crippen LogP contribution in [0.5, 0.6) is 0 Å². The van der Waals surface area contributed by atoms with Crippen molar-refractivity contribution in [1.29, 1.82) is 0 Å². The molecule has 0 aromatic carbocycles. The Hall–Kier alpha value is -0.900. The van der Waals surface area contributed by atoms with E-state index in [9.17, 15) is 9.59 Å². The zero-order chi connectivity index (χ0) is 15.8. The van der Waals surface area contributed by atoms with Gasteiger partial charge in [0.15, 0.2) is 0 Å². The summed E-state index contributed by atoms with van der Waals surface area (Å²) in [6.07, 6.45) is 14.8. The van der Waals surface area contributed by atoms with E-state index in [0.29, 0.717) is 12.7 Å². The van der Waals surface area contributed by atoms with Gasteiger partial charge < -0.3 is 15.2 Å². The molecule has 124 valence electrons. The van der Waals surface area contributed by atoms with Gasteiger partial charge >= 0.3 is 0 Å². The Morgan fingerprint density at radius 2 is 1.43 bits per heavy atom. The van der Waals surface area contributed by atoms with Crippen molar-refractivity contribution in [2.75, 3.05) is 6.61 Å². The SMILES string of the molecule is CCCCCCCCCCCCCC(=O)NC(C=O)CO. The quantitative estimate of drug-likeness (QED) is 0.360. The van der Waals surface area contributed by atoms with Crippen LogP contribution >= 0.6 is 0 Å². The summed E-state index contributed by atoms with van der Waals surface area (Å²) < 4.78 is 0. The topological polar surface area (TPSA) is 66.4 Å². The summed E-state index contributed by atoms with van der Waals surface area (Å²) in [5, 5.41) is 11.3. The van der Waals surface area contributed by atoms with Crippen molar-refractivity contribution in [2.24, 2.45) is 0 Å². The van der Waals surface area contributed by atoms with Crippen LogP contribution in [0.2, 0.25) is 0 Å². The summed E-state index contributed by atoms with van der Waals surface area (Å²) in [7, 11) is 0. The molecule has 0 bridgehead atoms. The number of carbonyl (C=O) groups is 2. The molecule has 0 heterocycles. The first kappa shape index (κ1) is 20.1. The summed E-state index contributed by atoms with van der Waals surface area (Å²) in [6, 6.07) is -0.745. The lowest BCUT2D eigenvalue weighted by Crippen LogP contribution is -2.38. The first-order valence-corrected chi connectivity index (χ1v) is 8.60. The van der Waals surface area contributed by atoms with Gasteiger partial charge in [-0.3, -0.25) is 4.79 Å². The predicted octanol–water partition coefficient (Wildman–Crippen LogP) is 3.36. The minimum Gasteiger partial charge on any atom is -0.394 e. The molecular weight excluding hydrogens is 266 g/mol. The fraction of sp³-hybridized carbons (Fsp3) is 0.882. The Bertz CT molecular complexity index is 256. The van der Waals surface area contributed by atoms with E-state index < -0.39 is 6.04 Å². The molecule has 0 spiro atoms. The van der Waals surface area contributed by atoms with Gasteiger partial charge in [0.1, 0.15) is 12.3 Å². The molecular formula is C17H33NO3. The number of aliphatic hydroxyl groups is 1. The summed E-state index contributed by atoms with van der Waals surface area (Å²) in [5.41, 5.74) is 0. The van der Waals surface area contributed by atoms with Crippen molar-refractivity contribution in [3.05, 3.63) is 0 Å². The number of carbonyl (C=O) groups excluding carboxylic acids is 2. The number of hydrogen-bond acceptors (Lipinski definition) is 3. The molecule has 0 saturated carbocycles. The Kier molecular flexibility index (Phi) is 14.8. The van der Waals surface area contributed by atoms with E-state index in [1.807, 2.05) is 0 Å². The monoisotopic (exact) mass is 299 g/mol. The van der Waals surface area contributed by atoms with Gasteiger partial charge in [0.2, 0.25) is 5.91 Å². The molecule has 1 atom stereocenters. The highest BCUT2D eigenvalue weighted by Gasteiger charge is 2.08. The van der Waals surface area contributed by atoms with Crippen molar-refractivity contribution in [1.82, 2.24) is 5.32 Å². The van der Waals surface area contributed by atoms with E-state index in [1.165, 1.54) is 57.8 Å². The lowest BCUT2D eigenvalue weighted by atomic mass is 10.1. The fourth-order valence-electron chi connectivity index (χ4n) is 2.35. The minimum absolute atomic E-state index is 0.142. The van der Waals surface area contributed by atoms with Gasteiger partial charge in [-0.15, -0.1) is 0 Å². The molecule has 0 aromatic heterocycles. The van der Waals surface area contributed by atoms with Crippen LogP contribution in [-0.4, -0.2) is 29.9 Å².